The molecule has 2 heterocycles. The van der Waals surface area contributed by atoms with E-state index >= 15 is 0 Å². The van der Waals surface area contributed by atoms with Crippen LogP contribution >= 0.6 is 0 Å². The Bertz CT molecular complexity index is 917. The first kappa shape index (κ1) is 16.7. The van der Waals surface area contributed by atoms with Gasteiger partial charge in [0, 0.05) is 26.2 Å². The molecule has 1 saturated heterocycles. The molecule has 2 fully saturated rings. The molecule has 8 nitrogen and oxygen atoms in total. The number of aromatic nitrogens is 1. The molecule has 2 aliphatic rings. The van der Waals surface area contributed by atoms with E-state index in [-0.39, 0.29) is 25.0 Å². The number of para-hydroxylation sites is 2. The molecule has 2 amide bonds. The number of amides is 2. The Kier molecular flexibility index (Phi) is 3.97. The molecule has 138 valence electrons. The highest BCUT2D eigenvalue weighted by Crippen LogP contribution is 2.48. The summed E-state index contributed by atoms with van der Waals surface area (Å²) < 4.78 is 6.64. The van der Waals surface area contributed by atoms with Crippen LogP contribution in [0.15, 0.2) is 33.5 Å². The number of urea groups is 1. The smallest absolute Gasteiger partial charge is 0.420 e. The Hall–Kier alpha value is -2.77. The van der Waals surface area contributed by atoms with Gasteiger partial charge in [0.15, 0.2) is 5.58 Å². The summed E-state index contributed by atoms with van der Waals surface area (Å²) in [6.45, 7) is 1.30. The average Bonchev–Trinajstić information content (AvgIpc) is 3.25. The van der Waals surface area contributed by atoms with E-state index in [0.717, 1.165) is 12.8 Å². The molecule has 1 aliphatic carbocycles. The van der Waals surface area contributed by atoms with Crippen molar-refractivity contribution in [2.75, 3.05) is 19.6 Å². The second kappa shape index (κ2) is 6.19. The molecule has 2 N–H and O–H groups in total. The van der Waals surface area contributed by atoms with Crippen molar-refractivity contribution in [2.24, 2.45) is 11.3 Å². The number of aliphatic carboxylic acids is 1. The quantitative estimate of drug-likeness (QED) is 0.861. The lowest BCUT2D eigenvalue weighted by Crippen LogP contribution is -2.42. The molecule has 0 spiro atoms. The van der Waals surface area contributed by atoms with Gasteiger partial charge >= 0.3 is 17.8 Å². The van der Waals surface area contributed by atoms with Gasteiger partial charge in [-0.25, -0.2) is 9.59 Å². The van der Waals surface area contributed by atoms with Crippen molar-refractivity contribution < 1.29 is 19.1 Å². The van der Waals surface area contributed by atoms with Gasteiger partial charge in [-0.15, -0.1) is 0 Å². The lowest BCUT2D eigenvalue weighted by molar-refractivity contribution is -0.149. The van der Waals surface area contributed by atoms with E-state index in [1.165, 1.54) is 4.57 Å². The van der Waals surface area contributed by atoms with Crippen molar-refractivity contribution in [3.05, 3.63) is 34.8 Å². The number of carboxylic acid groups (broad SMARTS) is 1. The van der Waals surface area contributed by atoms with E-state index in [9.17, 15) is 19.5 Å². The van der Waals surface area contributed by atoms with Crippen LogP contribution in [0.3, 0.4) is 0 Å². The summed E-state index contributed by atoms with van der Waals surface area (Å²) in [6, 6.07) is 6.85. The number of benzene rings is 1. The minimum Gasteiger partial charge on any atom is -0.481 e. The van der Waals surface area contributed by atoms with Gasteiger partial charge in [-0.3, -0.25) is 9.36 Å². The molecule has 0 radical (unpaired) electrons. The Morgan fingerprint density at radius 1 is 1.35 bits per heavy atom. The number of oxazole rings is 1. The molecule has 2 aromatic rings. The van der Waals surface area contributed by atoms with Crippen LogP contribution in [0.5, 0.6) is 0 Å². The minimum absolute atomic E-state index is 0.0335. The molecular weight excluding hydrogens is 338 g/mol. The van der Waals surface area contributed by atoms with Crippen LogP contribution in [-0.4, -0.2) is 46.2 Å². The molecule has 1 aromatic carbocycles. The van der Waals surface area contributed by atoms with E-state index in [2.05, 4.69) is 5.32 Å². The number of hydrogen-bond donors (Lipinski definition) is 2. The Labute approximate surface area is 149 Å². The average molecular weight is 359 g/mol. The van der Waals surface area contributed by atoms with Crippen molar-refractivity contribution in [3.8, 4) is 0 Å². The predicted molar refractivity (Wildman–Crippen MR) is 92.9 cm³/mol. The second-order valence-electron chi connectivity index (χ2n) is 7.15. The summed E-state index contributed by atoms with van der Waals surface area (Å²) in [5.74, 6) is -1.22. The van der Waals surface area contributed by atoms with Crippen LogP contribution in [0.2, 0.25) is 0 Å². The van der Waals surface area contributed by atoms with Crippen molar-refractivity contribution in [3.63, 3.8) is 0 Å². The van der Waals surface area contributed by atoms with Crippen molar-refractivity contribution in [2.45, 2.75) is 25.8 Å². The Balaban J connectivity index is 1.38. The molecule has 1 aliphatic heterocycles. The number of carboxylic acids is 1. The van der Waals surface area contributed by atoms with Crippen LogP contribution in [0.4, 0.5) is 4.79 Å². The summed E-state index contributed by atoms with van der Waals surface area (Å²) in [6.07, 6.45) is 2.39. The molecule has 8 heteroatoms. The van der Waals surface area contributed by atoms with E-state index in [1.807, 2.05) is 6.07 Å². The Morgan fingerprint density at radius 3 is 2.92 bits per heavy atom. The van der Waals surface area contributed by atoms with Gasteiger partial charge in [0.1, 0.15) is 0 Å². The molecule has 0 unspecified atom stereocenters. The van der Waals surface area contributed by atoms with Gasteiger partial charge < -0.3 is 19.7 Å². The third kappa shape index (κ3) is 2.56. The highest BCUT2D eigenvalue weighted by molar-refractivity contribution is 5.80. The van der Waals surface area contributed by atoms with Gasteiger partial charge in [0.25, 0.3) is 0 Å². The van der Waals surface area contributed by atoms with Gasteiger partial charge in [0.05, 0.1) is 10.9 Å². The van der Waals surface area contributed by atoms with Crippen LogP contribution in [0.1, 0.15) is 19.3 Å². The maximum atomic E-state index is 12.4. The normalized spacial score (nSPS) is 24.8. The van der Waals surface area contributed by atoms with Gasteiger partial charge in [0.2, 0.25) is 0 Å². The first-order chi connectivity index (χ1) is 12.5. The largest absolute Gasteiger partial charge is 0.481 e. The van der Waals surface area contributed by atoms with E-state index in [1.54, 1.807) is 23.1 Å². The summed E-state index contributed by atoms with van der Waals surface area (Å²) in [5, 5.41) is 12.4. The molecule has 1 saturated carbocycles. The monoisotopic (exact) mass is 359 g/mol. The molecule has 4 rings (SSSR count). The second-order valence-corrected chi connectivity index (χ2v) is 7.15. The third-order valence-electron chi connectivity index (χ3n) is 5.77. The number of likely N-dealkylation sites (tertiary alicyclic amines) is 1. The van der Waals surface area contributed by atoms with Crippen molar-refractivity contribution >= 4 is 23.1 Å². The lowest BCUT2D eigenvalue weighted by Gasteiger charge is -2.23. The number of fused-ring (bicyclic) bond motifs is 2. The minimum atomic E-state index is -0.799. The molecule has 0 bridgehead atoms. The molecule has 26 heavy (non-hydrogen) atoms. The van der Waals surface area contributed by atoms with Crippen molar-refractivity contribution in [1.82, 2.24) is 14.8 Å². The zero-order valence-corrected chi connectivity index (χ0v) is 14.3. The lowest BCUT2D eigenvalue weighted by atomic mass is 9.81. The van der Waals surface area contributed by atoms with Gasteiger partial charge in [-0.05, 0) is 30.9 Å². The molecular formula is C18H21N3O5. The van der Waals surface area contributed by atoms with E-state index < -0.39 is 17.1 Å². The highest BCUT2D eigenvalue weighted by atomic mass is 16.4. The van der Waals surface area contributed by atoms with Gasteiger partial charge in [-0.1, -0.05) is 18.6 Å². The predicted octanol–water partition coefficient (Wildman–Crippen LogP) is 1.49. The van der Waals surface area contributed by atoms with Crippen LogP contribution in [0, 0.1) is 11.3 Å². The highest BCUT2D eigenvalue weighted by Gasteiger charge is 2.55. The topological polar surface area (TPSA) is 105 Å². The summed E-state index contributed by atoms with van der Waals surface area (Å²) >= 11 is 0. The Morgan fingerprint density at radius 2 is 2.15 bits per heavy atom. The van der Waals surface area contributed by atoms with E-state index in [0.29, 0.717) is 30.6 Å². The number of nitrogens with zero attached hydrogens (tertiary/aromatic N) is 2. The summed E-state index contributed by atoms with van der Waals surface area (Å²) in [4.78, 5) is 37.6. The first-order valence-corrected chi connectivity index (χ1v) is 8.86. The standard InChI is InChI=1S/C18H21N3O5/c22-15(23)18-7-3-4-12(18)10-20(11-18)16(24)19-8-9-21-13-5-1-2-6-14(13)26-17(21)25/h1-2,5-6,12H,3-4,7-11H2,(H,19,24)(H,22,23)/t12-,18+/m0/s1. The molecule has 1 aromatic heterocycles. The van der Waals surface area contributed by atoms with Crippen LogP contribution in [0.25, 0.3) is 11.1 Å². The van der Waals surface area contributed by atoms with Crippen LogP contribution < -0.4 is 11.1 Å². The maximum Gasteiger partial charge on any atom is 0.420 e. The number of hydrogen-bond acceptors (Lipinski definition) is 4. The fourth-order valence-corrected chi connectivity index (χ4v) is 4.41. The summed E-state index contributed by atoms with van der Waals surface area (Å²) in [5.41, 5.74) is 0.418. The number of nitrogens with one attached hydrogen (secondary N) is 1. The SMILES string of the molecule is O=C(NCCn1c(=O)oc2ccccc21)N1C[C@@H]2CCC[C@@]2(C(=O)O)C1. The van der Waals surface area contributed by atoms with Gasteiger partial charge in [-0.2, -0.15) is 0 Å². The molecule has 2 atom stereocenters. The number of rotatable bonds is 4. The number of carbonyl (C=O) groups excluding carboxylic acids is 1. The van der Waals surface area contributed by atoms with Crippen molar-refractivity contribution in [1.29, 1.82) is 0 Å². The fourth-order valence-electron chi connectivity index (χ4n) is 4.41. The summed E-state index contributed by atoms with van der Waals surface area (Å²) in [7, 11) is 0. The van der Waals surface area contributed by atoms with Crippen LogP contribution in [-0.2, 0) is 11.3 Å². The first-order valence-electron chi connectivity index (χ1n) is 8.86. The zero-order valence-electron chi connectivity index (χ0n) is 14.3. The fraction of sp³-hybridized carbons (Fsp3) is 0.500. The third-order valence-corrected chi connectivity index (χ3v) is 5.77. The zero-order chi connectivity index (χ0) is 18.3. The maximum absolute atomic E-state index is 12.4. The van der Waals surface area contributed by atoms with E-state index in [4.69, 9.17) is 4.42 Å². The number of carbonyl (C=O) groups is 2.